The van der Waals surface area contributed by atoms with Crippen molar-refractivity contribution in [2.75, 3.05) is 19.7 Å². The van der Waals surface area contributed by atoms with Crippen LogP contribution < -0.4 is 10.1 Å². The van der Waals surface area contributed by atoms with Crippen molar-refractivity contribution in [1.29, 1.82) is 0 Å². The molecule has 0 radical (unpaired) electrons. The molecule has 1 saturated heterocycles. The van der Waals surface area contributed by atoms with Crippen LogP contribution in [0.5, 0.6) is 5.75 Å². The van der Waals surface area contributed by atoms with Gasteiger partial charge in [-0.15, -0.1) is 5.10 Å². The summed E-state index contributed by atoms with van der Waals surface area (Å²) in [5, 5.41) is 26.6. The lowest BCUT2D eigenvalue weighted by molar-refractivity contribution is 0.114. The van der Waals surface area contributed by atoms with Crippen molar-refractivity contribution in [3.8, 4) is 17.0 Å². The second kappa shape index (κ2) is 8.44. The molecule has 1 fully saturated rings. The molecular weight excluding hydrogens is 394 g/mol. The van der Waals surface area contributed by atoms with Gasteiger partial charge in [0.2, 0.25) is 0 Å². The first-order valence-corrected chi connectivity index (χ1v) is 10.5. The number of hydrogen-bond acceptors (Lipinski definition) is 7. The fourth-order valence-electron chi connectivity index (χ4n) is 4.14. The Hall–Kier alpha value is -3.30. The maximum Gasteiger partial charge on any atom is 0.163 e. The number of pyridine rings is 2. The molecule has 5 rings (SSSR count). The fourth-order valence-corrected chi connectivity index (χ4v) is 4.14. The predicted molar refractivity (Wildman–Crippen MR) is 115 cm³/mol. The molecular formula is C22H25N7O2. The van der Waals surface area contributed by atoms with Crippen LogP contribution in [0.1, 0.15) is 36.4 Å². The van der Waals surface area contributed by atoms with Gasteiger partial charge >= 0.3 is 0 Å². The Bertz CT molecular complexity index is 1170. The van der Waals surface area contributed by atoms with E-state index in [1.165, 1.54) is 0 Å². The molecule has 9 nitrogen and oxygen atoms in total. The van der Waals surface area contributed by atoms with Gasteiger partial charge in [0, 0.05) is 18.0 Å². The molecule has 0 unspecified atom stereocenters. The highest BCUT2D eigenvalue weighted by Gasteiger charge is 2.22. The lowest BCUT2D eigenvalue weighted by Gasteiger charge is -2.23. The van der Waals surface area contributed by atoms with Crippen LogP contribution in [0, 0.1) is 6.92 Å². The van der Waals surface area contributed by atoms with Crippen molar-refractivity contribution in [2.45, 2.75) is 31.9 Å². The van der Waals surface area contributed by atoms with Crippen LogP contribution in [0.4, 0.5) is 0 Å². The van der Waals surface area contributed by atoms with Gasteiger partial charge in [-0.2, -0.15) is 5.10 Å². The standard InChI is InChI=1S/C22H25N7O2/c1-15-22(26-27-29(15)17-5-9-23-10-6-17)16-12-20(19-7-11-25-28(19)13-16)31-21(14-30)18-4-2-3-8-24-18/h2-4,7-8,11-13,17,21,23,30H,5-6,9-10,14H2,1H3/t21-/m1/s1. The number of rotatable bonds is 6. The Morgan fingerprint density at radius 3 is 2.87 bits per heavy atom. The van der Waals surface area contributed by atoms with Crippen LogP contribution in [-0.2, 0) is 0 Å². The van der Waals surface area contributed by atoms with E-state index in [-0.39, 0.29) is 6.61 Å². The van der Waals surface area contributed by atoms with Crippen molar-refractivity contribution < 1.29 is 9.84 Å². The molecule has 9 heteroatoms. The molecule has 160 valence electrons. The first kappa shape index (κ1) is 19.7. The largest absolute Gasteiger partial charge is 0.479 e. The number of aliphatic hydroxyl groups is 1. The number of nitrogens with one attached hydrogen (secondary N) is 1. The van der Waals surface area contributed by atoms with Crippen molar-refractivity contribution >= 4 is 5.52 Å². The first-order valence-electron chi connectivity index (χ1n) is 10.5. The predicted octanol–water partition coefficient (Wildman–Crippen LogP) is 2.33. The van der Waals surface area contributed by atoms with Gasteiger partial charge in [-0.1, -0.05) is 11.3 Å². The number of piperidine rings is 1. The van der Waals surface area contributed by atoms with Gasteiger partial charge in [0.15, 0.2) is 6.10 Å². The van der Waals surface area contributed by atoms with Gasteiger partial charge < -0.3 is 15.2 Å². The van der Waals surface area contributed by atoms with E-state index in [4.69, 9.17) is 4.74 Å². The van der Waals surface area contributed by atoms with E-state index >= 15 is 0 Å². The summed E-state index contributed by atoms with van der Waals surface area (Å²) in [6, 6.07) is 9.73. The van der Waals surface area contributed by atoms with Crippen LogP contribution in [0.15, 0.2) is 48.9 Å². The number of ether oxygens (including phenoxy) is 1. The lowest BCUT2D eigenvalue weighted by Crippen LogP contribution is -2.30. The van der Waals surface area contributed by atoms with Gasteiger partial charge in [-0.3, -0.25) is 4.98 Å². The Morgan fingerprint density at radius 2 is 2.10 bits per heavy atom. The summed E-state index contributed by atoms with van der Waals surface area (Å²) in [4.78, 5) is 4.33. The van der Waals surface area contributed by atoms with E-state index in [1.54, 1.807) is 16.9 Å². The highest BCUT2D eigenvalue weighted by molar-refractivity contribution is 5.70. The average Bonchev–Trinajstić information content (AvgIpc) is 3.45. The number of fused-ring (bicyclic) bond motifs is 1. The third-order valence-corrected chi connectivity index (χ3v) is 5.78. The van der Waals surface area contributed by atoms with Crippen molar-refractivity contribution in [1.82, 2.24) is 34.9 Å². The number of nitrogens with zero attached hydrogens (tertiary/aromatic N) is 6. The minimum Gasteiger partial charge on any atom is -0.479 e. The zero-order valence-corrected chi connectivity index (χ0v) is 17.3. The van der Waals surface area contributed by atoms with Crippen molar-refractivity contribution in [3.63, 3.8) is 0 Å². The Morgan fingerprint density at radius 1 is 1.23 bits per heavy atom. The second-order valence-electron chi connectivity index (χ2n) is 7.75. The van der Waals surface area contributed by atoms with Crippen LogP contribution >= 0.6 is 0 Å². The normalized spacial score (nSPS) is 15.9. The van der Waals surface area contributed by atoms with Crippen LogP contribution in [0.25, 0.3) is 16.8 Å². The average molecular weight is 419 g/mol. The van der Waals surface area contributed by atoms with Crippen LogP contribution in [-0.4, -0.2) is 54.4 Å². The maximum atomic E-state index is 9.92. The minimum atomic E-state index is -0.582. The molecule has 0 amide bonds. The van der Waals surface area contributed by atoms with Gasteiger partial charge in [0.25, 0.3) is 0 Å². The van der Waals surface area contributed by atoms with E-state index in [0.717, 1.165) is 48.4 Å². The molecule has 2 N–H and O–H groups in total. The SMILES string of the molecule is Cc1c(-c2cc(O[C@H](CO)c3ccccn3)c3ccnn3c2)nnn1C1CCNCC1. The third-order valence-electron chi connectivity index (χ3n) is 5.78. The molecule has 4 aromatic heterocycles. The number of hydrogen-bond donors (Lipinski definition) is 2. The highest BCUT2D eigenvalue weighted by atomic mass is 16.5. The molecule has 1 atom stereocenters. The monoisotopic (exact) mass is 419 g/mol. The van der Waals surface area contributed by atoms with Crippen LogP contribution in [0.2, 0.25) is 0 Å². The van der Waals surface area contributed by atoms with E-state index in [1.807, 2.05) is 41.2 Å². The van der Waals surface area contributed by atoms with Gasteiger partial charge in [-0.25, -0.2) is 9.20 Å². The quantitative estimate of drug-likeness (QED) is 0.494. The molecule has 1 aliphatic rings. The molecule has 4 aromatic rings. The fraction of sp³-hybridized carbons (Fsp3) is 0.364. The van der Waals surface area contributed by atoms with Gasteiger partial charge in [-0.05, 0) is 57.1 Å². The smallest absolute Gasteiger partial charge is 0.163 e. The zero-order chi connectivity index (χ0) is 21.2. The van der Waals surface area contributed by atoms with E-state index in [0.29, 0.717) is 17.5 Å². The summed E-state index contributed by atoms with van der Waals surface area (Å²) in [6.45, 7) is 3.85. The number of aromatic nitrogens is 6. The summed E-state index contributed by atoms with van der Waals surface area (Å²) < 4.78 is 10.0. The molecule has 0 spiro atoms. The molecule has 0 bridgehead atoms. The summed E-state index contributed by atoms with van der Waals surface area (Å²) in [5.41, 5.74) is 4.16. The summed E-state index contributed by atoms with van der Waals surface area (Å²) in [7, 11) is 0. The summed E-state index contributed by atoms with van der Waals surface area (Å²) in [5.74, 6) is 0.607. The Balaban J connectivity index is 1.52. The molecule has 0 saturated carbocycles. The molecule has 1 aliphatic heterocycles. The lowest BCUT2D eigenvalue weighted by atomic mass is 10.1. The van der Waals surface area contributed by atoms with Crippen LogP contribution in [0.3, 0.4) is 0 Å². The topological polar surface area (TPSA) is 102 Å². The van der Waals surface area contributed by atoms with E-state index in [9.17, 15) is 5.11 Å². The van der Waals surface area contributed by atoms with E-state index in [2.05, 4.69) is 32.6 Å². The third kappa shape index (κ3) is 3.77. The maximum absolute atomic E-state index is 9.92. The summed E-state index contributed by atoms with van der Waals surface area (Å²) in [6.07, 6.45) is 6.84. The number of aliphatic hydroxyl groups excluding tert-OH is 1. The molecule has 5 heterocycles. The first-order chi connectivity index (χ1) is 15.2. The van der Waals surface area contributed by atoms with Gasteiger partial charge in [0.1, 0.15) is 17.0 Å². The molecule has 0 aliphatic carbocycles. The minimum absolute atomic E-state index is 0.188. The Kier molecular flexibility index (Phi) is 5.35. The Labute approximate surface area is 179 Å². The summed E-state index contributed by atoms with van der Waals surface area (Å²) >= 11 is 0. The molecule has 0 aromatic carbocycles. The zero-order valence-electron chi connectivity index (χ0n) is 17.3. The highest BCUT2D eigenvalue weighted by Crippen LogP contribution is 2.32. The van der Waals surface area contributed by atoms with E-state index < -0.39 is 6.10 Å². The second-order valence-corrected chi connectivity index (χ2v) is 7.75. The van der Waals surface area contributed by atoms with Crippen molar-refractivity contribution in [3.05, 3.63) is 60.3 Å². The van der Waals surface area contributed by atoms with Gasteiger partial charge in [0.05, 0.1) is 30.2 Å². The molecule has 31 heavy (non-hydrogen) atoms. The van der Waals surface area contributed by atoms with Crippen molar-refractivity contribution in [2.24, 2.45) is 0 Å².